The molecule has 0 amide bonds. The van der Waals surface area contributed by atoms with Crippen molar-refractivity contribution in [2.45, 2.75) is 12.5 Å². The van der Waals surface area contributed by atoms with Gasteiger partial charge in [-0.25, -0.2) is 9.97 Å². The van der Waals surface area contributed by atoms with Crippen LogP contribution in [0.5, 0.6) is 0 Å². The maximum Gasteiger partial charge on any atom is 0.180 e. The Kier molecular flexibility index (Phi) is 2.82. The van der Waals surface area contributed by atoms with Crippen molar-refractivity contribution in [1.29, 1.82) is 0 Å². The molecular formula is C15H15N5O. The van der Waals surface area contributed by atoms with E-state index in [1.54, 1.807) is 18.6 Å². The van der Waals surface area contributed by atoms with Crippen molar-refractivity contribution in [2.24, 2.45) is 0 Å². The number of anilines is 1. The molecule has 0 saturated carbocycles. The molecule has 1 saturated heterocycles. The zero-order valence-corrected chi connectivity index (χ0v) is 11.4. The number of fused-ring (bicyclic) bond motifs is 1. The summed E-state index contributed by atoms with van der Waals surface area (Å²) in [5.74, 6) is 0.828. The molecule has 0 aliphatic carbocycles. The third kappa shape index (κ3) is 2.04. The summed E-state index contributed by atoms with van der Waals surface area (Å²) in [5, 5.41) is 9.71. The number of nitrogens with zero attached hydrogens (tertiary/aromatic N) is 5. The van der Waals surface area contributed by atoms with Crippen LogP contribution in [-0.4, -0.2) is 43.7 Å². The summed E-state index contributed by atoms with van der Waals surface area (Å²) in [4.78, 5) is 15.1. The fraction of sp³-hybridized carbons (Fsp3) is 0.267. The van der Waals surface area contributed by atoms with Crippen LogP contribution in [0, 0.1) is 0 Å². The Hall–Kier alpha value is -2.47. The van der Waals surface area contributed by atoms with E-state index in [1.807, 2.05) is 28.9 Å². The van der Waals surface area contributed by atoms with E-state index in [9.17, 15) is 5.11 Å². The first kappa shape index (κ1) is 12.3. The molecule has 3 aromatic rings. The van der Waals surface area contributed by atoms with Crippen molar-refractivity contribution < 1.29 is 5.11 Å². The van der Waals surface area contributed by atoms with Crippen LogP contribution in [-0.2, 0) is 0 Å². The zero-order chi connectivity index (χ0) is 14.2. The first-order valence-corrected chi connectivity index (χ1v) is 6.98. The summed E-state index contributed by atoms with van der Waals surface area (Å²) >= 11 is 0. The molecule has 0 bridgehead atoms. The smallest absolute Gasteiger partial charge is 0.180 e. The van der Waals surface area contributed by atoms with Crippen molar-refractivity contribution >= 4 is 11.5 Å². The average Bonchev–Trinajstić information content (AvgIpc) is 3.14. The minimum Gasteiger partial charge on any atom is -0.391 e. The number of imidazole rings is 1. The highest BCUT2D eigenvalue weighted by atomic mass is 16.3. The summed E-state index contributed by atoms with van der Waals surface area (Å²) in [6, 6.07) is 3.92. The number of rotatable bonds is 2. The third-order valence-electron chi connectivity index (χ3n) is 3.85. The van der Waals surface area contributed by atoms with Gasteiger partial charge in [-0.3, -0.25) is 9.38 Å². The van der Waals surface area contributed by atoms with Gasteiger partial charge in [-0.05, 0) is 18.6 Å². The van der Waals surface area contributed by atoms with E-state index >= 15 is 0 Å². The van der Waals surface area contributed by atoms with Gasteiger partial charge in [0.1, 0.15) is 0 Å². The van der Waals surface area contributed by atoms with Crippen LogP contribution < -0.4 is 4.90 Å². The van der Waals surface area contributed by atoms with Gasteiger partial charge in [0.05, 0.1) is 18.0 Å². The van der Waals surface area contributed by atoms with E-state index in [4.69, 9.17) is 0 Å². The molecule has 1 aliphatic heterocycles. The quantitative estimate of drug-likeness (QED) is 0.768. The molecule has 3 aromatic heterocycles. The number of aliphatic hydroxyl groups excluding tert-OH is 1. The average molecular weight is 281 g/mol. The second kappa shape index (κ2) is 4.82. The molecule has 0 spiro atoms. The van der Waals surface area contributed by atoms with Gasteiger partial charge < -0.3 is 10.0 Å². The summed E-state index contributed by atoms with van der Waals surface area (Å²) in [6.45, 7) is 1.43. The van der Waals surface area contributed by atoms with Crippen LogP contribution in [0.4, 0.5) is 5.82 Å². The molecule has 1 aliphatic rings. The van der Waals surface area contributed by atoms with Gasteiger partial charge in [-0.15, -0.1) is 0 Å². The predicted octanol–water partition coefficient (Wildman–Crippen LogP) is 1.36. The maximum absolute atomic E-state index is 9.71. The van der Waals surface area contributed by atoms with E-state index in [0.29, 0.717) is 6.54 Å². The van der Waals surface area contributed by atoms with Crippen LogP contribution in [0.25, 0.3) is 16.9 Å². The number of hydrogen-bond donors (Lipinski definition) is 1. The van der Waals surface area contributed by atoms with E-state index in [1.165, 1.54) is 0 Å². The van der Waals surface area contributed by atoms with Crippen LogP contribution in [0.2, 0.25) is 0 Å². The Labute approximate surface area is 121 Å². The highest BCUT2D eigenvalue weighted by molar-refractivity contribution is 5.71. The highest BCUT2D eigenvalue weighted by Gasteiger charge is 2.24. The molecular weight excluding hydrogens is 266 g/mol. The first-order valence-electron chi connectivity index (χ1n) is 6.98. The lowest BCUT2D eigenvalue weighted by molar-refractivity contribution is 0.198. The monoisotopic (exact) mass is 281 g/mol. The Morgan fingerprint density at radius 1 is 1.14 bits per heavy atom. The molecule has 106 valence electrons. The molecule has 4 rings (SSSR count). The van der Waals surface area contributed by atoms with Crippen molar-refractivity contribution in [2.75, 3.05) is 18.0 Å². The molecule has 0 radical (unpaired) electrons. The van der Waals surface area contributed by atoms with Gasteiger partial charge in [0.25, 0.3) is 0 Å². The predicted molar refractivity (Wildman–Crippen MR) is 79.1 cm³/mol. The van der Waals surface area contributed by atoms with Crippen LogP contribution in [0.3, 0.4) is 0 Å². The Morgan fingerprint density at radius 2 is 2.00 bits per heavy atom. The fourth-order valence-electron chi connectivity index (χ4n) is 2.80. The molecule has 6 heteroatoms. The number of aromatic nitrogens is 4. The standard InChI is InChI=1S/C15H15N5O/c21-12-3-7-19(10-12)14-15-18-9-13(20(15)8-6-17-14)11-1-4-16-5-2-11/h1-2,4-6,8-9,12,21H,3,7,10H2. The lowest BCUT2D eigenvalue weighted by Crippen LogP contribution is -2.23. The summed E-state index contributed by atoms with van der Waals surface area (Å²) in [5.41, 5.74) is 2.89. The molecule has 1 atom stereocenters. The molecule has 6 nitrogen and oxygen atoms in total. The molecule has 0 aromatic carbocycles. The van der Waals surface area contributed by atoms with Gasteiger partial charge in [0.15, 0.2) is 11.5 Å². The minimum atomic E-state index is -0.276. The third-order valence-corrected chi connectivity index (χ3v) is 3.85. The molecule has 1 N–H and O–H groups in total. The van der Waals surface area contributed by atoms with E-state index in [-0.39, 0.29) is 6.10 Å². The molecule has 1 fully saturated rings. The van der Waals surface area contributed by atoms with Gasteiger partial charge in [0, 0.05) is 43.4 Å². The fourth-order valence-corrected chi connectivity index (χ4v) is 2.80. The Balaban J connectivity index is 1.83. The van der Waals surface area contributed by atoms with Crippen molar-refractivity contribution in [1.82, 2.24) is 19.4 Å². The van der Waals surface area contributed by atoms with Crippen LogP contribution in [0.15, 0.2) is 43.1 Å². The number of β-amino-alcohol motifs (C(OH)–C–C–N with tert-alkyl or cyclic N) is 1. The zero-order valence-electron chi connectivity index (χ0n) is 11.4. The second-order valence-electron chi connectivity index (χ2n) is 5.21. The first-order chi connectivity index (χ1) is 10.3. The lowest BCUT2D eigenvalue weighted by Gasteiger charge is -2.17. The van der Waals surface area contributed by atoms with E-state index in [2.05, 4.69) is 19.9 Å². The molecule has 4 heterocycles. The molecule has 21 heavy (non-hydrogen) atoms. The van der Waals surface area contributed by atoms with Gasteiger partial charge in [0.2, 0.25) is 0 Å². The van der Waals surface area contributed by atoms with Crippen molar-refractivity contribution in [3.63, 3.8) is 0 Å². The summed E-state index contributed by atoms with van der Waals surface area (Å²) in [7, 11) is 0. The maximum atomic E-state index is 9.71. The normalized spacial score (nSPS) is 18.5. The van der Waals surface area contributed by atoms with Gasteiger partial charge in [-0.2, -0.15) is 0 Å². The SMILES string of the molecule is OC1CCN(c2nccn3c(-c4ccncc4)cnc23)C1. The lowest BCUT2D eigenvalue weighted by atomic mass is 10.2. The second-order valence-corrected chi connectivity index (χ2v) is 5.21. The van der Waals surface area contributed by atoms with Gasteiger partial charge in [-0.1, -0.05) is 0 Å². The van der Waals surface area contributed by atoms with E-state index in [0.717, 1.165) is 35.7 Å². The van der Waals surface area contributed by atoms with Crippen LogP contribution in [0.1, 0.15) is 6.42 Å². The number of pyridine rings is 1. The Bertz CT molecular complexity index is 770. The number of hydrogen-bond acceptors (Lipinski definition) is 5. The minimum absolute atomic E-state index is 0.276. The van der Waals surface area contributed by atoms with Gasteiger partial charge >= 0.3 is 0 Å². The molecule has 1 unspecified atom stereocenters. The van der Waals surface area contributed by atoms with Crippen molar-refractivity contribution in [3.05, 3.63) is 43.1 Å². The van der Waals surface area contributed by atoms with Crippen LogP contribution >= 0.6 is 0 Å². The topological polar surface area (TPSA) is 66.5 Å². The van der Waals surface area contributed by atoms with E-state index < -0.39 is 0 Å². The summed E-state index contributed by atoms with van der Waals surface area (Å²) < 4.78 is 2.03. The van der Waals surface area contributed by atoms with Crippen molar-refractivity contribution in [3.8, 4) is 11.3 Å². The highest BCUT2D eigenvalue weighted by Crippen LogP contribution is 2.26. The largest absolute Gasteiger partial charge is 0.391 e. The number of aliphatic hydroxyl groups is 1. The Morgan fingerprint density at radius 3 is 2.76 bits per heavy atom. The summed E-state index contributed by atoms with van der Waals surface area (Å²) in [6.07, 6.45) is 9.58.